The maximum atomic E-state index is 11.1. The van der Waals surface area contributed by atoms with Crippen LogP contribution >= 0.6 is 0 Å². The lowest BCUT2D eigenvalue weighted by molar-refractivity contribution is -0.384. The third-order valence-electron chi connectivity index (χ3n) is 3.42. The highest BCUT2D eigenvalue weighted by atomic mass is 16.6. The number of nitrogens with zero attached hydrogens (tertiary/aromatic N) is 4. The molecular weight excluding hydrogens is 276 g/mol. The summed E-state index contributed by atoms with van der Waals surface area (Å²) >= 11 is 0. The summed E-state index contributed by atoms with van der Waals surface area (Å²) in [5, 5.41) is 27.4. The quantitative estimate of drug-likeness (QED) is 0.663. The average Bonchev–Trinajstić information content (AvgIpc) is 3.20. The first kappa shape index (κ1) is 13.2. The van der Waals surface area contributed by atoms with E-state index in [2.05, 4.69) is 10.3 Å². The van der Waals surface area contributed by atoms with Crippen LogP contribution in [0.4, 0.5) is 5.69 Å². The monoisotopic (exact) mass is 288 g/mol. The zero-order valence-electron chi connectivity index (χ0n) is 11.0. The van der Waals surface area contributed by atoms with Crippen molar-refractivity contribution in [1.29, 1.82) is 0 Å². The zero-order valence-corrected chi connectivity index (χ0v) is 11.0. The van der Waals surface area contributed by atoms with Gasteiger partial charge in [-0.3, -0.25) is 10.1 Å². The fraction of sp³-hybridized carbons (Fsp3) is 0.308. The van der Waals surface area contributed by atoms with E-state index in [9.17, 15) is 14.9 Å². The molecule has 0 radical (unpaired) electrons. The molecule has 0 bridgehead atoms. The van der Waals surface area contributed by atoms with Crippen molar-refractivity contribution in [3.8, 4) is 0 Å². The van der Waals surface area contributed by atoms with Gasteiger partial charge in [-0.15, -0.1) is 5.10 Å². The number of carboxylic acids is 1. The summed E-state index contributed by atoms with van der Waals surface area (Å²) in [5.41, 5.74) is 1.47. The van der Waals surface area contributed by atoms with Crippen molar-refractivity contribution in [3.63, 3.8) is 0 Å². The van der Waals surface area contributed by atoms with E-state index in [1.54, 1.807) is 16.8 Å². The van der Waals surface area contributed by atoms with E-state index in [1.807, 2.05) is 0 Å². The molecule has 3 rings (SSSR count). The molecule has 1 heterocycles. The summed E-state index contributed by atoms with van der Waals surface area (Å²) in [4.78, 5) is 21.3. The Morgan fingerprint density at radius 3 is 2.57 bits per heavy atom. The van der Waals surface area contributed by atoms with Gasteiger partial charge in [0.05, 0.1) is 17.2 Å². The molecule has 0 aliphatic heterocycles. The Hall–Kier alpha value is -2.77. The smallest absolute Gasteiger partial charge is 0.358 e. The normalized spacial score (nSPS) is 14.1. The minimum atomic E-state index is -1.08. The van der Waals surface area contributed by atoms with Crippen LogP contribution in [0.5, 0.6) is 0 Å². The van der Waals surface area contributed by atoms with Crippen LogP contribution in [0, 0.1) is 10.1 Å². The van der Waals surface area contributed by atoms with Crippen molar-refractivity contribution < 1.29 is 14.8 Å². The van der Waals surface area contributed by atoms with Gasteiger partial charge >= 0.3 is 5.97 Å². The van der Waals surface area contributed by atoms with Gasteiger partial charge in [0, 0.05) is 18.1 Å². The number of benzene rings is 1. The predicted molar refractivity (Wildman–Crippen MR) is 71.2 cm³/mol. The van der Waals surface area contributed by atoms with Crippen LogP contribution in [0.25, 0.3) is 0 Å². The standard InChI is InChI=1S/C13H12N4O4/c18-13(19)11-12(9-3-4-9)16(15-14-11)7-8-1-5-10(6-2-8)17(20)21/h1-2,5-6,9H,3-4,7H2,(H,18,19). The molecule has 1 N–H and O–H groups in total. The minimum Gasteiger partial charge on any atom is -0.476 e. The fourth-order valence-electron chi connectivity index (χ4n) is 2.25. The van der Waals surface area contributed by atoms with Crippen LogP contribution in [-0.4, -0.2) is 31.0 Å². The highest BCUT2D eigenvalue weighted by molar-refractivity contribution is 5.86. The number of aromatic nitrogens is 3. The van der Waals surface area contributed by atoms with E-state index in [4.69, 9.17) is 5.11 Å². The lowest BCUT2D eigenvalue weighted by atomic mass is 10.2. The van der Waals surface area contributed by atoms with Gasteiger partial charge in [-0.2, -0.15) is 0 Å². The lowest BCUT2D eigenvalue weighted by Crippen LogP contribution is -2.08. The molecule has 1 saturated carbocycles. The SMILES string of the molecule is O=C(O)c1nnn(Cc2ccc([N+](=O)[O-])cc2)c1C1CC1. The molecule has 0 amide bonds. The van der Waals surface area contributed by atoms with Crippen molar-refractivity contribution in [3.05, 3.63) is 51.3 Å². The summed E-state index contributed by atoms with van der Waals surface area (Å²) in [6, 6.07) is 6.11. The Morgan fingerprint density at radius 1 is 1.38 bits per heavy atom. The molecule has 0 unspecified atom stereocenters. The summed E-state index contributed by atoms with van der Waals surface area (Å²) in [7, 11) is 0. The molecule has 1 aromatic carbocycles. The van der Waals surface area contributed by atoms with E-state index < -0.39 is 10.9 Å². The van der Waals surface area contributed by atoms with Crippen LogP contribution in [0.2, 0.25) is 0 Å². The zero-order chi connectivity index (χ0) is 15.0. The third-order valence-corrected chi connectivity index (χ3v) is 3.42. The van der Waals surface area contributed by atoms with Gasteiger partial charge in [-0.25, -0.2) is 9.48 Å². The first-order valence-electron chi connectivity index (χ1n) is 6.46. The van der Waals surface area contributed by atoms with Gasteiger partial charge in [0.2, 0.25) is 0 Å². The predicted octanol–water partition coefficient (Wildman–Crippen LogP) is 1.81. The second-order valence-corrected chi connectivity index (χ2v) is 4.98. The molecule has 0 saturated heterocycles. The van der Waals surface area contributed by atoms with Gasteiger partial charge in [0.1, 0.15) is 0 Å². The highest BCUT2D eigenvalue weighted by Crippen LogP contribution is 2.41. The van der Waals surface area contributed by atoms with Crippen LogP contribution in [0.15, 0.2) is 24.3 Å². The maximum absolute atomic E-state index is 11.1. The van der Waals surface area contributed by atoms with Crippen molar-refractivity contribution in [2.24, 2.45) is 0 Å². The fourth-order valence-corrected chi connectivity index (χ4v) is 2.25. The topological polar surface area (TPSA) is 111 Å². The Kier molecular flexibility index (Phi) is 3.13. The van der Waals surface area contributed by atoms with Crippen LogP contribution < -0.4 is 0 Å². The Morgan fingerprint density at radius 2 is 2.05 bits per heavy atom. The number of aromatic carboxylic acids is 1. The van der Waals surface area contributed by atoms with Crippen molar-refractivity contribution in [2.45, 2.75) is 25.3 Å². The Labute approximate surface area is 119 Å². The van der Waals surface area contributed by atoms with E-state index in [0.717, 1.165) is 18.4 Å². The van der Waals surface area contributed by atoms with Crippen LogP contribution in [-0.2, 0) is 6.54 Å². The number of nitro benzene ring substituents is 1. The second kappa shape index (κ2) is 4.97. The number of rotatable bonds is 5. The highest BCUT2D eigenvalue weighted by Gasteiger charge is 2.33. The molecule has 8 nitrogen and oxygen atoms in total. The first-order chi connectivity index (χ1) is 10.1. The van der Waals surface area contributed by atoms with E-state index in [-0.39, 0.29) is 17.3 Å². The molecule has 2 aromatic rings. The Balaban J connectivity index is 1.87. The van der Waals surface area contributed by atoms with Crippen molar-refractivity contribution in [1.82, 2.24) is 15.0 Å². The molecular formula is C13H12N4O4. The molecule has 1 aliphatic rings. The van der Waals surface area contributed by atoms with Gasteiger partial charge in [0.25, 0.3) is 5.69 Å². The molecule has 21 heavy (non-hydrogen) atoms. The maximum Gasteiger partial charge on any atom is 0.358 e. The number of carbonyl (C=O) groups is 1. The van der Waals surface area contributed by atoms with Crippen LogP contribution in [0.1, 0.15) is 40.5 Å². The molecule has 108 valence electrons. The summed E-state index contributed by atoms with van der Waals surface area (Å²) < 4.78 is 1.57. The summed E-state index contributed by atoms with van der Waals surface area (Å²) in [5.74, 6) is -0.879. The minimum absolute atomic E-state index is 0.000545. The van der Waals surface area contributed by atoms with Crippen molar-refractivity contribution in [2.75, 3.05) is 0 Å². The summed E-state index contributed by atoms with van der Waals surface area (Å²) in [6.45, 7) is 0.351. The van der Waals surface area contributed by atoms with E-state index in [0.29, 0.717) is 12.2 Å². The van der Waals surface area contributed by atoms with Crippen molar-refractivity contribution >= 4 is 11.7 Å². The van der Waals surface area contributed by atoms with Crippen LogP contribution in [0.3, 0.4) is 0 Å². The van der Waals surface area contributed by atoms with E-state index in [1.165, 1.54) is 12.1 Å². The van der Waals surface area contributed by atoms with Gasteiger partial charge in [-0.1, -0.05) is 17.3 Å². The van der Waals surface area contributed by atoms with Gasteiger partial charge in [-0.05, 0) is 18.4 Å². The molecule has 0 spiro atoms. The number of carboxylic acid groups (broad SMARTS) is 1. The first-order valence-corrected chi connectivity index (χ1v) is 6.46. The number of nitro groups is 1. The molecule has 0 atom stereocenters. The number of hydrogen-bond donors (Lipinski definition) is 1. The van der Waals surface area contributed by atoms with Gasteiger partial charge < -0.3 is 5.11 Å². The molecule has 1 aromatic heterocycles. The third kappa shape index (κ3) is 2.60. The lowest BCUT2D eigenvalue weighted by Gasteiger charge is -2.06. The largest absolute Gasteiger partial charge is 0.476 e. The molecule has 1 aliphatic carbocycles. The second-order valence-electron chi connectivity index (χ2n) is 4.98. The van der Waals surface area contributed by atoms with E-state index >= 15 is 0 Å². The van der Waals surface area contributed by atoms with Gasteiger partial charge in [0.15, 0.2) is 5.69 Å². The summed E-state index contributed by atoms with van der Waals surface area (Å²) in [6.07, 6.45) is 1.88. The Bertz CT molecular complexity index is 703. The molecule has 8 heteroatoms. The average molecular weight is 288 g/mol. The molecule has 1 fully saturated rings. The number of hydrogen-bond acceptors (Lipinski definition) is 5. The number of non-ortho nitro benzene ring substituents is 1.